The fourth-order valence-electron chi connectivity index (χ4n) is 9.90. The Morgan fingerprint density at radius 3 is 1.44 bits per heavy atom. The van der Waals surface area contributed by atoms with E-state index in [0.717, 1.165) is 86.9 Å². The molecule has 34 heavy (non-hydrogen) atoms. The normalized spacial score (nSPS) is 47.6. The van der Waals surface area contributed by atoms with E-state index in [9.17, 15) is 4.79 Å². The van der Waals surface area contributed by atoms with E-state index in [1.54, 1.807) is 0 Å². The molecule has 0 heterocycles. The summed E-state index contributed by atoms with van der Waals surface area (Å²) in [6.07, 6.45) is 23.8. The van der Waals surface area contributed by atoms with Crippen LogP contribution in [0.15, 0.2) is 0 Å². The van der Waals surface area contributed by atoms with E-state index in [4.69, 9.17) is 0 Å². The van der Waals surface area contributed by atoms with Gasteiger partial charge in [-0.25, -0.2) is 4.39 Å². The fourth-order valence-corrected chi connectivity index (χ4v) is 9.90. The van der Waals surface area contributed by atoms with Gasteiger partial charge in [-0.1, -0.05) is 65.2 Å². The van der Waals surface area contributed by atoms with Gasteiger partial charge in [0.25, 0.3) is 0 Å². The van der Waals surface area contributed by atoms with E-state index >= 15 is 4.39 Å². The van der Waals surface area contributed by atoms with Gasteiger partial charge in [-0.05, 0) is 113 Å². The van der Waals surface area contributed by atoms with Crippen molar-refractivity contribution in [3.63, 3.8) is 0 Å². The molecule has 1 atom stereocenters. The van der Waals surface area contributed by atoms with E-state index in [2.05, 4.69) is 13.8 Å². The molecule has 5 saturated carbocycles. The number of unbranched alkanes of at least 4 members (excludes halogenated alkanes) is 1. The van der Waals surface area contributed by atoms with Crippen molar-refractivity contribution in [2.75, 3.05) is 0 Å². The minimum atomic E-state index is -0.838. The molecule has 1 unspecified atom stereocenters. The van der Waals surface area contributed by atoms with Gasteiger partial charge in [0.15, 0.2) is 5.78 Å². The SMILES string of the molecule is CCCC[C@H]1CC[C@H](C2CCC3(CC2)C(=O)C2(CCC([C@H]4CC[C@H](CC)CC4)CC2)C3F)CC1. The molecule has 0 aromatic carbocycles. The van der Waals surface area contributed by atoms with Gasteiger partial charge in [-0.2, -0.15) is 0 Å². The maximum atomic E-state index is 16.0. The molecule has 5 aliphatic rings. The number of alkyl halides is 1. The molecule has 2 heteroatoms. The lowest BCUT2D eigenvalue weighted by Gasteiger charge is -2.62. The van der Waals surface area contributed by atoms with Crippen LogP contribution in [0.1, 0.15) is 142 Å². The highest BCUT2D eigenvalue weighted by atomic mass is 19.1. The molecule has 5 aliphatic carbocycles. The number of ketones is 1. The van der Waals surface area contributed by atoms with Crippen molar-refractivity contribution < 1.29 is 9.18 Å². The molecule has 0 radical (unpaired) electrons. The van der Waals surface area contributed by atoms with Crippen molar-refractivity contribution in [3.05, 3.63) is 0 Å². The van der Waals surface area contributed by atoms with Gasteiger partial charge < -0.3 is 0 Å². The zero-order valence-corrected chi connectivity index (χ0v) is 22.5. The van der Waals surface area contributed by atoms with Crippen LogP contribution in [0, 0.1) is 46.3 Å². The number of halogens is 1. The standard InChI is InChI=1S/C32H53FO/c1-3-5-6-24-9-13-26(14-10-24)28-17-21-32(22-18-28)29(33)31(30(32)34)19-15-27(16-20-31)25-11-7-23(4-2)8-12-25/h23-29H,3-22H2,1-2H3/t23-,24-,25-,26-,27?,28?,29?,31?,32?. The average Bonchev–Trinajstić information content (AvgIpc) is 2.92. The van der Waals surface area contributed by atoms with Crippen LogP contribution in [-0.4, -0.2) is 12.0 Å². The average molecular weight is 473 g/mol. The first-order valence-electron chi connectivity index (χ1n) is 15.7. The highest BCUT2D eigenvalue weighted by Gasteiger charge is 2.71. The molecular formula is C32H53FO. The third kappa shape index (κ3) is 4.44. The zero-order chi connectivity index (χ0) is 23.8. The Bertz CT molecular complexity index is 667. The molecule has 0 aliphatic heterocycles. The molecule has 0 aromatic rings. The molecule has 194 valence electrons. The number of Topliss-reactive ketones (excluding diaryl/α,β-unsaturated/α-hetero) is 1. The Kier molecular flexibility index (Phi) is 7.82. The Hall–Kier alpha value is -0.400. The van der Waals surface area contributed by atoms with Gasteiger partial charge in [0, 0.05) is 0 Å². The lowest BCUT2D eigenvalue weighted by molar-refractivity contribution is -0.194. The van der Waals surface area contributed by atoms with Crippen molar-refractivity contribution in [2.24, 2.45) is 46.3 Å². The van der Waals surface area contributed by atoms with E-state index in [0.29, 0.717) is 5.78 Å². The van der Waals surface area contributed by atoms with Gasteiger partial charge in [0.2, 0.25) is 0 Å². The summed E-state index contributed by atoms with van der Waals surface area (Å²) in [5.74, 6) is 5.53. The Labute approximate surface area is 209 Å². The van der Waals surface area contributed by atoms with Crippen molar-refractivity contribution in [3.8, 4) is 0 Å². The molecule has 0 saturated heterocycles. The van der Waals surface area contributed by atoms with Crippen LogP contribution in [0.5, 0.6) is 0 Å². The summed E-state index contributed by atoms with van der Waals surface area (Å²) in [6, 6.07) is 0. The summed E-state index contributed by atoms with van der Waals surface area (Å²) in [6.45, 7) is 4.64. The van der Waals surface area contributed by atoms with Gasteiger partial charge in [-0.15, -0.1) is 0 Å². The Morgan fingerprint density at radius 1 is 0.647 bits per heavy atom. The Morgan fingerprint density at radius 2 is 1.06 bits per heavy atom. The highest BCUT2D eigenvalue weighted by molar-refractivity contribution is 5.98. The van der Waals surface area contributed by atoms with E-state index < -0.39 is 17.0 Å². The number of hydrogen-bond acceptors (Lipinski definition) is 1. The summed E-state index contributed by atoms with van der Waals surface area (Å²) >= 11 is 0. The fraction of sp³-hybridized carbons (Fsp3) is 0.969. The first-order chi connectivity index (χ1) is 16.5. The molecular weight excluding hydrogens is 419 g/mol. The van der Waals surface area contributed by atoms with Crippen molar-refractivity contribution in [1.82, 2.24) is 0 Å². The largest absolute Gasteiger partial charge is 0.298 e. The van der Waals surface area contributed by atoms with Crippen molar-refractivity contribution in [1.29, 1.82) is 0 Å². The number of hydrogen-bond donors (Lipinski definition) is 0. The Balaban J connectivity index is 1.09. The zero-order valence-electron chi connectivity index (χ0n) is 22.5. The summed E-state index contributed by atoms with van der Waals surface area (Å²) in [5.41, 5.74) is -1.14. The lowest BCUT2D eigenvalue weighted by atomic mass is 9.41. The number of rotatable bonds is 6. The summed E-state index contributed by atoms with van der Waals surface area (Å²) in [7, 11) is 0. The van der Waals surface area contributed by atoms with Crippen LogP contribution >= 0.6 is 0 Å². The first kappa shape index (κ1) is 25.3. The quantitative estimate of drug-likeness (QED) is 0.376. The van der Waals surface area contributed by atoms with Crippen molar-refractivity contribution >= 4 is 5.78 Å². The highest BCUT2D eigenvalue weighted by Crippen LogP contribution is 2.66. The van der Waals surface area contributed by atoms with Crippen LogP contribution in [0.3, 0.4) is 0 Å². The second-order valence-corrected chi connectivity index (χ2v) is 13.8. The van der Waals surface area contributed by atoms with Crippen LogP contribution < -0.4 is 0 Å². The topological polar surface area (TPSA) is 17.1 Å². The molecule has 0 amide bonds. The number of carbonyl (C=O) groups excluding carboxylic acids is 1. The predicted molar refractivity (Wildman–Crippen MR) is 139 cm³/mol. The van der Waals surface area contributed by atoms with Gasteiger partial charge in [0.05, 0.1) is 10.8 Å². The van der Waals surface area contributed by atoms with Gasteiger partial charge in [-0.3, -0.25) is 4.79 Å². The second-order valence-electron chi connectivity index (χ2n) is 13.8. The second kappa shape index (κ2) is 10.5. The molecule has 2 spiro atoms. The third-order valence-corrected chi connectivity index (χ3v) is 12.4. The molecule has 1 nitrogen and oxygen atoms in total. The summed E-state index contributed by atoms with van der Waals surface area (Å²) < 4.78 is 16.0. The smallest absolute Gasteiger partial charge is 0.151 e. The van der Waals surface area contributed by atoms with Crippen molar-refractivity contribution in [2.45, 2.75) is 148 Å². The van der Waals surface area contributed by atoms with E-state index in [-0.39, 0.29) is 0 Å². The van der Waals surface area contributed by atoms with Crippen LogP contribution in [0.2, 0.25) is 0 Å². The number of carbonyl (C=O) groups is 1. The molecule has 0 aromatic heterocycles. The molecule has 5 rings (SSSR count). The van der Waals surface area contributed by atoms with E-state index in [1.165, 1.54) is 77.0 Å². The first-order valence-corrected chi connectivity index (χ1v) is 15.7. The molecule has 0 N–H and O–H groups in total. The van der Waals surface area contributed by atoms with Gasteiger partial charge >= 0.3 is 0 Å². The third-order valence-electron chi connectivity index (χ3n) is 12.4. The van der Waals surface area contributed by atoms with Crippen LogP contribution in [0.4, 0.5) is 4.39 Å². The van der Waals surface area contributed by atoms with Crippen LogP contribution in [0.25, 0.3) is 0 Å². The maximum Gasteiger partial charge on any atom is 0.151 e. The van der Waals surface area contributed by atoms with E-state index in [1.807, 2.05) is 0 Å². The monoisotopic (exact) mass is 472 g/mol. The lowest BCUT2D eigenvalue weighted by Crippen LogP contribution is -2.69. The molecule has 0 bridgehead atoms. The minimum absolute atomic E-state index is 0.377. The summed E-state index contributed by atoms with van der Waals surface area (Å²) in [4.78, 5) is 13.7. The summed E-state index contributed by atoms with van der Waals surface area (Å²) in [5, 5.41) is 0. The minimum Gasteiger partial charge on any atom is -0.298 e. The maximum absolute atomic E-state index is 16.0. The van der Waals surface area contributed by atoms with Crippen LogP contribution in [-0.2, 0) is 4.79 Å². The molecule has 5 fully saturated rings. The van der Waals surface area contributed by atoms with Gasteiger partial charge in [0.1, 0.15) is 6.17 Å². The predicted octanol–water partition coefficient (Wildman–Crippen LogP) is 9.47.